The number of benzene rings is 1. The van der Waals surface area contributed by atoms with Crippen LogP contribution in [0.5, 0.6) is 0 Å². The van der Waals surface area contributed by atoms with Gasteiger partial charge in [0.2, 0.25) is 0 Å². The molecule has 0 spiro atoms. The van der Waals surface area contributed by atoms with Crippen LogP contribution in [0.15, 0.2) is 24.3 Å². The lowest BCUT2D eigenvalue weighted by atomic mass is 9.90. The highest BCUT2D eigenvalue weighted by Gasteiger charge is 2.49. The number of nitrogens with zero attached hydrogens (tertiary/aromatic N) is 3. The van der Waals surface area contributed by atoms with Crippen molar-refractivity contribution in [1.29, 1.82) is 0 Å². The van der Waals surface area contributed by atoms with E-state index in [1.54, 1.807) is 11.3 Å². The maximum atomic E-state index is 2.78. The van der Waals surface area contributed by atoms with E-state index in [9.17, 15) is 0 Å². The molecule has 0 amide bonds. The average molecular weight is 295 g/mol. The molecule has 2 fully saturated rings. The van der Waals surface area contributed by atoms with Gasteiger partial charge >= 0.3 is 0 Å². The summed E-state index contributed by atoms with van der Waals surface area (Å²) >= 11 is 0. The molecule has 4 heterocycles. The van der Waals surface area contributed by atoms with Gasteiger partial charge < -0.3 is 4.57 Å². The Kier molecular flexibility index (Phi) is 2.74. The fourth-order valence-electron chi connectivity index (χ4n) is 5.46. The Hall–Kier alpha value is -1.32. The van der Waals surface area contributed by atoms with E-state index in [0.29, 0.717) is 12.2 Å². The lowest BCUT2D eigenvalue weighted by Crippen LogP contribution is -2.41. The SMILES string of the molecule is CC1N2CCCCC2C2c3c(c4ccccc4n3C)CCN21. The number of fused-ring (bicyclic) bond motifs is 7. The number of piperidine rings is 1. The number of aromatic nitrogens is 1. The van der Waals surface area contributed by atoms with E-state index in [4.69, 9.17) is 0 Å². The van der Waals surface area contributed by atoms with Crippen molar-refractivity contribution in [1.82, 2.24) is 14.4 Å². The van der Waals surface area contributed by atoms with Gasteiger partial charge in [-0.2, -0.15) is 0 Å². The van der Waals surface area contributed by atoms with Crippen molar-refractivity contribution in [2.75, 3.05) is 13.1 Å². The summed E-state index contributed by atoms with van der Waals surface area (Å²) in [5.74, 6) is 0. The third-order valence-corrected chi connectivity index (χ3v) is 6.44. The molecule has 0 radical (unpaired) electrons. The van der Waals surface area contributed by atoms with Crippen molar-refractivity contribution in [2.45, 2.75) is 50.9 Å². The van der Waals surface area contributed by atoms with E-state index < -0.39 is 0 Å². The lowest BCUT2D eigenvalue weighted by molar-refractivity contribution is 0.112. The first-order chi connectivity index (χ1) is 10.8. The van der Waals surface area contributed by atoms with E-state index >= 15 is 0 Å². The molecule has 1 aromatic heterocycles. The van der Waals surface area contributed by atoms with Crippen LogP contribution in [0, 0.1) is 0 Å². The first-order valence-electron chi connectivity index (χ1n) is 8.85. The molecular weight excluding hydrogens is 270 g/mol. The molecule has 0 N–H and O–H groups in total. The molecule has 0 bridgehead atoms. The Bertz CT molecular complexity index is 732. The van der Waals surface area contributed by atoms with Gasteiger partial charge in [-0.05, 0) is 37.8 Å². The van der Waals surface area contributed by atoms with Gasteiger partial charge in [-0.25, -0.2) is 0 Å². The summed E-state index contributed by atoms with van der Waals surface area (Å²) in [4.78, 5) is 5.55. The molecule has 3 aliphatic rings. The standard InChI is InChI=1S/C19H25N3/c1-13-21-11-6-5-9-17(21)19-18-15(10-12-22(13)19)14-7-3-4-8-16(14)20(18)2/h3-4,7-8,13,17,19H,5-6,9-12H2,1-2H3. The maximum Gasteiger partial charge on any atom is 0.0674 e. The molecule has 0 aliphatic carbocycles. The van der Waals surface area contributed by atoms with Gasteiger partial charge in [-0.15, -0.1) is 0 Å². The molecule has 2 saturated heterocycles. The zero-order chi connectivity index (χ0) is 14.8. The number of rotatable bonds is 0. The third-order valence-electron chi connectivity index (χ3n) is 6.44. The molecular formula is C19H25N3. The van der Waals surface area contributed by atoms with Gasteiger partial charge in [0.1, 0.15) is 0 Å². The second-order valence-corrected chi connectivity index (χ2v) is 7.31. The molecule has 3 atom stereocenters. The maximum absolute atomic E-state index is 2.78. The Morgan fingerprint density at radius 3 is 2.82 bits per heavy atom. The minimum absolute atomic E-state index is 0.608. The number of para-hydroxylation sites is 1. The smallest absolute Gasteiger partial charge is 0.0674 e. The van der Waals surface area contributed by atoms with E-state index in [2.05, 4.69) is 52.6 Å². The predicted octanol–water partition coefficient (Wildman–Crippen LogP) is 3.29. The number of hydrogen-bond donors (Lipinski definition) is 0. The minimum Gasteiger partial charge on any atom is -0.346 e. The third kappa shape index (κ3) is 1.53. The van der Waals surface area contributed by atoms with Crippen LogP contribution in [0.4, 0.5) is 0 Å². The predicted molar refractivity (Wildman–Crippen MR) is 89.9 cm³/mol. The molecule has 22 heavy (non-hydrogen) atoms. The second-order valence-electron chi connectivity index (χ2n) is 7.31. The summed E-state index contributed by atoms with van der Waals surface area (Å²) in [6.07, 6.45) is 5.97. The highest BCUT2D eigenvalue weighted by atomic mass is 15.5. The summed E-state index contributed by atoms with van der Waals surface area (Å²) in [5.41, 5.74) is 4.64. The Balaban J connectivity index is 1.72. The van der Waals surface area contributed by atoms with Crippen molar-refractivity contribution >= 4 is 10.9 Å². The zero-order valence-electron chi connectivity index (χ0n) is 13.6. The van der Waals surface area contributed by atoms with Crippen LogP contribution in [0.25, 0.3) is 10.9 Å². The molecule has 3 aliphatic heterocycles. The van der Waals surface area contributed by atoms with Crippen molar-refractivity contribution in [2.24, 2.45) is 7.05 Å². The van der Waals surface area contributed by atoms with Crippen LogP contribution in [-0.4, -0.2) is 39.7 Å². The van der Waals surface area contributed by atoms with Gasteiger partial charge in [0, 0.05) is 42.8 Å². The van der Waals surface area contributed by atoms with E-state index in [-0.39, 0.29) is 0 Å². The molecule has 116 valence electrons. The number of hydrogen-bond acceptors (Lipinski definition) is 2. The van der Waals surface area contributed by atoms with Crippen LogP contribution in [0.3, 0.4) is 0 Å². The summed E-state index contributed by atoms with van der Waals surface area (Å²) in [7, 11) is 2.28. The average Bonchev–Trinajstić information content (AvgIpc) is 3.02. The van der Waals surface area contributed by atoms with Gasteiger partial charge in [0.25, 0.3) is 0 Å². The quantitative estimate of drug-likeness (QED) is 0.739. The van der Waals surface area contributed by atoms with E-state index in [1.807, 2.05) is 0 Å². The summed E-state index contributed by atoms with van der Waals surface area (Å²) in [6.45, 7) is 4.93. The molecule has 1 aromatic carbocycles. The van der Waals surface area contributed by atoms with E-state index in [1.165, 1.54) is 49.7 Å². The van der Waals surface area contributed by atoms with E-state index in [0.717, 1.165) is 6.04 Å². The minimum atomic E-state index is 0.608. The fraction of sp³-hybridized carbons (Fsp3) is 0.579. The summed E-state index contributed by atoms with van der Waals surface area (Å²) in [5, 5.41) is 1.49. The lowest BCUT2D eigenvalue weighted by Gasteiger charge is -2.35. The molecule has 0 saturated carbocycles. The topological polar surface area (TPSA) is 11.4 Å². The first-order valence-corrected chi connectivity index (χ1v) is 8.85. The highest BCUT2D eigenvalue weighted by Crippen LogP contribution is 2.47. The Morgan fingerprint density at radius 1 is 1.05 bits per heavy atom. The molecule has 3 nitrogen and oxygen atoms in total. The summed E-state index contributed by atoms with van der Waals surface area (Å²) < 4.78 is 2.49. The molecule has 5 rings (SSSR count). The summed E-state index contributed by atoms with van der Waals surface area (Å²) in [6, 6.07) is 10.3. The molecule has 2 aromatic rings. The van der Waals surface area contributed by atoms with Crippen LogP contribution in [0.1, 0.15) is 43.5 Å². The second kappa shape index (κ2) is 4.59. The highest BCUT2D eigenvalue weighted by molar-refractivity contribution is 5.86. The Morgan fingerprint density at radius 2 is 1.91 bits per heavy atom. The van der Waals surface area contributed by atoms with Crippen LogP contribution in [-0.2, 0) is 13.5 Å². The number of aryl methyl sites for hydroxylation is 1. The van der Waals surface area contributed by atoms with Gasteiger partial charge in [0.15, 0.2) is 0 Å². The van der Waals surface area contributed by atoms with Crippen LogP contribution in [0.2, 0.25) is 0 Å². The van der Waals surface area contributed by atoms with Gasteiger partial charge in [0.05, 0.1) is 12.2 Å². The molecule has 3 heteroatoms. The molecule has 3 unspecified atom stereocenters. The van der Waals surface area contributed by atoms with Gasteiger partial charge in [-0.3, -0.25) is 9.80 Å². The van der Waals surface area contributed by atoms with Gasteiger partial charge in [-0.1, -0.05) is 24.6 Å². The van der Waals surface area contributed by atoms with Crippen molar-refractivity contribution < 1.29 is 0 Å². The zero-order valence-corrected chi connectivity index (χ0v) is 13.6. The van der Waals surface area contributed by atoms with Crippen LogP contribution < -0.4 is 0 Å². The fourth-order valence-corrected chi connectivity index (χ4v) is 5.46. The largest absolute Gasteiger partial charge is 0.346 e. The van der Waals surface area contributed by atoms with Crippen molar-refractivity contribution in [3.63, 3.8) is 0 Å². The monoisotopic (exact) mass is 295 g/mol. The Labute approximate surface area is 132 Å². The van der Waals surface area contributed by atoms with Crippen molar-refractivity contribution in [3.05, 3.63) is 35.5 Å². The first kappa shape index (κ1) is 13.1. The normalized spacial score (nSPS) is 32.0. The van der Waals surface area contributed by atoms with Crippen molar-refractivity contribution in [3.8, 4) is 0 Å². The van der Waals surface area contributed by atoms with Crippen LogP contribution >= 0.6 is 0 Å².